The third-order valence-electron chi connectivity index (χ3n) is 4.57. The molecule has 0 aliphatic carbocycles. The average Bonchev–Trinajstić information content (AvgIpc) is 2.52. The van der Waals surface area contributed by atoms with E-state index in [1.54, 1.807) is 4.90 Å². The Labute approximate surface area is 169 Å². The third-order valence-corrected chi connectivity index (χ3v) is 5.50. The number of carbonyl (C=O) groups excluding carboxylic acids is 1. The summed E-state index contributed by atoms with van der Waals surface area (Å²) in [6.45, 7) is 12.8. The number of anilines is 1. The molecule has 1 aromatic heterocycles. The number of aromatic nitrogens is 1. The molecule has 3 heterocycles. The second kappa shape index (κ2) is 7.50. The maximum atomic E-state index is 12.5. The summed E-state index contributed by atoms with van der Waals surface area (Å²) in [4.78, 5) is 21.3. The molecule has 0 unspecified atom stereocenters. The maximum Gasteiger partial charge on any atom is 0.410 e. The number of fused-ring (bicyclic) bond motifs is 1. The van der Waals surface area contributed by atoms with Gasteiger partial charge in [0.15, 0.2) is 0 Å². The highest BCUT2D eigenvalue weighted by Gasteiger charge is 2.31. The van der Waals surface area contributed by atoms with Gasteiger partial charge in [-0.15, -0.1) is 0 Å². The van der Waals surface area contributed by atoms with Gasteiger partial charge in [-0.05, 0) is 69.2 Å². The van der Waals surface area contributed by atoms with Crippen molar-refractivity contribution in [2.24, 2.45) is 0 Å². The van der Waals surface area contributed by atoms with Crippen LogP contribution in [0.4, 0.5) is 10.6 Å². The fraction of sp³-hybridized carbons (Fsp3) is 0.684. The molecule has 1 aromatic rings. The summed E-state index contributed by atoms with van der Waals surface area (Å²) >= 11 is 2.32. The Morgan fingerprint density at radius 3 is 2.54 bits per heavy atom. The van der Waals surface area contributed by atoms with Crippen molar-refractivity contribution >= 4 is 34.5 Å². The van der Waals surface area contributed by atoms with Gasteiger partial charge in [-0.3, -0.25) is 0 Å². The van der Waals surface area contributed by atoms with Crippen molar-refractivity contribution in [2.45, 2.75) is 65.4 Å². The van der Waals surface area contributed by atoms with Gasteiger partial charge in [-0.2, -0.15) is 0 Å². The summed E-state index contributed by atoms with van der Waals surface area (Å²) in [6, 6.07) is 0. The van der Waals surface area contributed by atoms with Gasteiger partial charge in [0, 0.05) is 35.0 Å². The SMILES string of the molecule is C[C@@H]1CN(c2ncc(I)c3c2CCN(C(=O)OC(C)(C)C)C3)C[C@H](C)O1. The van der Waals surface area contributed by atoms with Crippen molar-refractivity contribution in [2.75, 3.05) is 24.5 Å². The van der Waals surface area contributed by atoms with Crippen LogP contribution < -0.4 is 4.90 Å². The van der Waals surface area contributed by atoms with Crippen LogP contribution in [0.1, 0.15) is 45.7 Å². The predicted molar refractivity (Wildman–Crippen MR) is 110 cm³/mol. The van der Waals surface area contributed by atoms with Crippen LogP contribution in [0.5, 0.6) is 0 Å². The highest BCUT2D eigenvalue weighted by atomic mass is 127. The van der Waals surface area contributed by atoms with Gasteiger partial charge in [-0.1, -0.05) is 0 Å². The number of carbonyl (C=O) groups is 1. The standard InChI is InChI=1S/C19H28IN3O3/c1-12-9-23(10-13(2)25-12)17-14-6-7-22(18(24)26-19(3,4)5)11-15(14)16(20)8-21-17/h8,12-13H,6-7,9-11H2,1-5H3/t12-,13+. The summed E-state index contributed by atoms with van der Waals surface area (Å²) in [6.07, 6.45) is 2.85. The van der Waals surface area contributed by atoms with Crippen molar-refractivity contribution in [1.82, 2.24) is 9.88 Å². The summed E-state index contributed by atoms with van der Waals surface area (Å²) in [5, 5.41) is 0. The molecule has 0 radical (unpaired) electrons. The van der Waals surface area contributed by atoms with E-state index >= 15 is 0 Å². The minimum absolute atomic E-state index is 0.192. The lowest BCUT2D eigenvalue weighted by molar-refractivity contribution is -0.00553. The first-order valence-electron chi connectivity index (χ1n) is 9.18. The largest absolute Gasteiger partial charge is 0.444 e. The highest BCUT2D eigenvalue weighted by Crippen LogP contribution is 2.32. The number of rotatable bonds is 1. The molecule has 1 saturated heterocycles. The summed E-state index contributed by atoms with van der Waals surface area (Å²) in [5.74, 6) is 1.05. The normalized spacial score (nSPS) is 23.6. The lowest BCUT2D eigenvalue weighted by Crippen LogP contribution is -2.47. The van der Waals surface area contributed by atoms with Crippen molar-refractivity contribution in [3.8, 4) is 0 Å². The molecule has 0 aromatic carbocycles. The average molecular weight is 473 g/mol. The third kappa shape index (κ3) is 4.42. The molecule has 2 aliphatic heterocycles. The monoisotopic (exact) mass is 473 g/mol. The van der Waals surface area contributed by atoms with E-state index < -0.39 is 5.60 Å². The molecule has 0 N–H and O–H groups in total. The molecule has 6 nitrogen and oxygen atoms in total. The van der Waals surface area contributed by atoms with Crippen molar-refractivity contribution < 1.29 is 14.3 Å². The lowest BCUT2D eigenvalue weighted by Gasteiger charge is -2.39. The summed E-state index contributed by atoms with van der Waals surface area (Å²) < 4.78 is 12.5. The molecular weight excluding hydrogens is 445 g/mol. The number of ether oxygens (including phenoxy) is 2. The first-order chi connectivity index (χ1) is 12.1. The highest BCUT2D eigenvalue weighted by molar-refractivity contribution is 14.1. The first-order valence-corrected chi connectivity index (χ1v) is 10.3. The van der Waals surface area contributed by atoms with E-state index in [2.05, 4.69) is 41.3 Å². The van der Waals surface area contributed by atoms with Crippen LogP contribution in [0.3, 0.4) is 0 Å². The minimum atomic E-state index is -0.478. The van der Waals surface area contributed by atoms with E-state index in [0.29, 0.717) is 13.1 Å². The van der Waals surface area contributed by atoms with Gasteiger partial charge in [0.2, 0.25) is 0 Å². The van der Waals surface area contributed by atoms with Gasteiger partial charge in [0.25, 0.3) is 0 Å². The predicted octanol–water partition coefficient (Wildman–Crippen LogP) is 3.59. The zero-order chi connectivity index (χ0) is 19.1. The maximum absolute atomic E-state index is 12.5. The first kappa shape index (κ1) is 19.7. The molecule has 2 atom stereocenters. The Hall–Kier alpha value is -1.09. The Morgan fingerprint density at radius 1 is 1.27 bits per heavy atom. The van der Waals surface area contributed by atoms with Crippen LogP contribution in [-0.2, 0) is 22.4 Å². The van der Waals surface area contributed by atoms with E-state index in [1.165, 1.54) is 11.1 Å². The molecular formula is C19H28IN3O3. The fourth-order valence-electron chi connectivity index (χ4n) is 3.61. The second-order valence-corrected chi connectivity index (χ2v) is 9.36. The number of hydrogen-bond donors (Lipinski definition) is 0. The van der Waals surface area contributed by atoms with E-state index in [1.807, 2.05) is 27.0 Å². The lowest BCUT2D eigenvalue weighted by atomic mass is 10.00. The quantitative estimate of drug-likeness (QED) is 0.584. The van der Waals surface area contributed by atoms with Crippen molar-refractivity contribution in [3.05, 3.63) is 20.9 Å². The van der Waals surface area contributed by atoms with E-state index in [9.17, 15) is 4.79 Å². The number of halogens is 1. The Balaban J connectivity index is 1.84. The molecule has 2 aliphatic rings. The number of amides is 1. The number of morpholine rings is 1. The molecule has 0 bridgehead atoms. The molecule has 1 fully saturated rings. The van der Waals surface area contributed by atoms with E-state index in [0.717, 1.165) is 28.9 Å². The molecule has 144 valence electrons. The molecule has 0 saturated carbocycles. The summed E-state index contributed by atoms with van der Waals surface area (Å²) in [5.41, 5.74) is 1.98. The van der Waals surface area contributed by atoms with E-state index in [4.69, 9.17) is 14.5 Å². The summed E-state index contributed by atoms with van der Waals surface area (Å²) in [7, 11) is 0. The number of pyridine rings is 1. The van der Waals surface area contributed by atoms with Gasteiger partial charge >= 0.3 is 6.09 Å². The molecule has 7 heteroatoms. The Morgan fingerprint density at radius 2 is 1.92 bits per heavy atom. The second-order valence-electron chi connectivity index (χ2n) is 8.20. The van der Waals surface area contributed by atoms with Crippen LogP contribution in [0.15, 0.2) is 6.20 Å². The number of hydrogen-bond acceptors (Lipinski definition) is 5. The smallest absolute Gasteiger partial charge is 0.410 e. The van der Waals surface area contributed by atoms with Crippen molar-refractivity contribution in [3.63, 3.8) is 0 Å². The molecule has 0 spiro atoms. The van der Waals surface area contributed by atoms with Crippen LogP contribution in [0, 0.1) is 3.57 Å². The zero-order valence-corrected chi connectivity index (χ0v) is 18.4. The topological polar surface area (TPSA) is 54.9 Å². The number of nitrogens with zero attached hydrogens (tertiary/aromatic N) is 3. The zero-order valence-electron chi connectivity index (χ0n) is 16.2. The van der Waals surface area contributed by atoms with Gasteiger partial charge < -0.3 is 19.3 Å². The molecule has 3 rings (SSSR count). The van der Waals surface area contributed by atoms with Crippen LogP contribution >= 0.6 is 22.6 Å². The van der Waals surface area contributed by atoms with Gasteiger partial charge in [-0.25, -0.2) is 9.78 Å². The fourth-order valence-corrected chi connectivity index (χ4v) is 4.24. The Bertz CT molecular complexity index is 679. The molecule has 26 heavy (non-hydrogen) atoms. The Kier molecular flexibility index (Phi) is 5.67. The van der Waals surface area contributed by atoms with Gasteiger partial charge in [0.05, 0.1) is 18.8 Å². The minimum Gasteiger partial charge on any atom is -0.444 e. The van der Waals surface area contributed by atoms with Crippen LogP contribution in [-0.4, -0.2) is 53.4 Å². The van der Waals surface area contributed by atoms with E-state index in [-0.39, 0.29) is 18.3 Å². The van der Waals surface area contributed by atoms with Gasteiger partial charge in [0.1, 0.15) is 11.4 Å². The van der Waals surface area contributed by atoms with Crippen molar-refractivity contribution in [1.29, 1.82) is 0 Å². The molecule has 1 amide bonds. The van der Waals surface area contributed by atoms with Crippen LogP contribution in [0.2, 0.25) is 0 Å². The van der Waals surface area contributed by atoms with Crippen LogP contribution in [0.25, 0.3) is 0 Å².